The van der Waals surface area contributed by atoms with Crippen molar-refractivity contribution in [3.8, 4) is 11.1 Å². The molecule has 0 atom stereocenters. The maximum absolute atomic E-state index is 5.73. The summed E-state index contributed by atoms with van der Waals surface area (Å²) < 4.78 is 0. The average molecular weight is 259 g/mol. The molecule has 3 heteroatoms. The number of aromatic amines is 1. The minimum atomic E-state index is 0.784. The molecule has 3 N–H and O–H groups in total. The van der Waals surface area contributed by atoms with Crippen LogP contribution in [0.5, 0.6) is 0 Å². The molecule has 0 bridgehead atoms. The Balaban J connectivity index is 1.94. The summed E-state index contributed by atoms with van der Waals surface area (Å²) in [6.07, 6.45) is 3.70. The summed E-state index contributed by atoms with van der Waals surface area (Å²) in [5, 5.41) is 2.36. The molecule has 0 aliphatic rings. The van der Waals surface area contributed by atoms with Crippen LogP contribution in [-0.2, 0) is 0 Å². The molecule has 2 aromatic carbocycles. The van der Waals surface area contributed by atoms with Gasteiger partial charge in [-0.15, -0.1) is 0 Å². The number of nitrogens with two attached hydrogens (primary N) is 1. The Kier molecular flexibility index (Phi) is 2.27. The summed E-state index contributed by atoms with van der Waals surface area (Å²) in [5.74, 6) is 0. The van der Waals surface area contributed by atoms with Gasteiger partial charge in [0, 0.05) is 39.9 Å². The molecular weight excluding hydrogens is 246 g/mol. The van der Waals surface area contributed by atoms with Gasteiger partial charge in [0.1, 0.15) is 0 Å². The van der Waals surface area contributed by atoms with E-state index in [1.165, 1.54) is 10.9 Å². The van der Waals surface area contributed by atoms with Crippen LogP contribution in [0.15, 0.2) is 60.9 Å². The van der Waals surface area contributed by atoms with E-state index in [9.17, 15) is 0 Å². The zero-order valence-corrected chi connectivity index (χ0v) is 10.8. The second-order valence-electron chi connectivity index (χ2n) is 4.93. The third-order valence-corrected chi connectivity index (χ3v) is 3.64. The average Bonchev–Trinajstić information content (AvgIpc) is 2.85. The maximum Gasteiger partial charge on any atom is 0.0495 e. The van der Waals surface area contributed by atoms with E-state index >= 15 is 0 Å². The van der Waals surface area contributed by atoms with Crippen LogP contribution in [0, 0.1) is 0 Å². The van der Waals surface area contributed by atoms with Crippen molar-refractivity contribution in [2.75, 3.05) is 5.73 Å². The standard InChI is InChI=1S/C17H13N3/c18-13-4-1-11(2-5-13)12-3-6-14-15-10-19-8-7-16(15)20-17(14)9-12/h1-10,20H,18H2. The van der Waals surface area contributed by atoms with Crippen molar-refractivity contribution < 1.29 is 0 Å². The number of benzene rings is 2. The molecule has 0 fully saturated rings. The highest BCUT2D eigenvalue weighted by molar-refractivity contribution is 6.07. The van der Waals surface area contributed by atoms with Crippen molar-refractivity contribution in [3.63, 3.8) is 0 Å². The number of nitrogen functional groups attached to an aromatic ring is 1. The van der Waals surface area contributed by atoms with Gasteiger partial charge < -0.3 is 10.7 Å². The summed E-state index contributed by atoms with van der Waals surface area (Å²) in [6, 6.07) is 16.4. The molecule has 0 radical (unpaired) electrons. The van der Waals surface area contributed by atoms with E-state index in [4.69, 9.17) is 5.73 Å². The number of nitrogens with zero attached hydrogens (tertiary/aromatic N) is 1. The molecule has 4 aromatic rings. The molecule has 20 heavy (non-hydrogen) atoms. The molecule has 0 unspecified atom stereocenters. The molecule has 0 amide bonds. The Bertz CT molecular complexity index is 904. The Morgan fingerprint density at radius 1 is 0.800 bits per heavy atom. The van der Waals surface area contributed by atoms with Gasteiger partial charge in [-0.1, -0.05) is 24.3 Å². The predicted molar refractivity (Wildman–Crippen MR) is 83.4 cm³/mol. The Labute approximate surface area is 116 Å². The lowest BCUT2D eigenvalue weighted by Gasteiger charge is -2.02. The number of nitrogens with one attached hydrogen (secondary N) is 1. The number of hydrogen-bond donors (Lipinski definition) is 2. The number of hydrogen-bond acceptors (Lipinski definition) is 2. The topological polar surface area (TPSA) is 54.7 Å². The fraction of sp³-hybridized carbons (Fsp3) is 0. The van der Waals surface area contributed by atoms with Gasteiger partial charge in [0.15, 0.2) is 0 Å². The fourth-order valence-electron chi connectivity index (χ4n) is 2.60. The lowest BCUT2D eigenvalue weighted by atomic mass is 10.0. The molecular formula is C17H13N3. The maximum atomic E-state index is 5.73. The Hall–Kier alpha value is -2.81. The van der Waals surface area contributed by atoms with Crippen molar-refractivity contribution >= 4 is 27.5 Å². The van der Waals surface area contributed by atoms with E-state index in [1.54, 1.807) is 6.20 Å². The highest BCUT2D eigenvalue weighted by Gasteiger charge is 2.05. The number of rotatable bonds is 1. The van der Waals surface area contributed by atoms with Crippen LogP contribution in [0.4, 0.5) is 5.69 Å². The first kappa shape index (κ1) is 11.1. The minimum Gasteiger partial charge on any atom is -0.399 e. The van der Waals surface area contributed by atoms with E-state index in [2.05, 4.69) is 28.2 Å². The van der Waals surface area contributed by atoms with Crippen molar-refractivity contribution in [3.05, 3.63) is 60.9 Å². The number of pyridine rings is 1. The highest BCUT2D eigenvalue weighted by atomic mass is 14.7. The molecule has 0 saturated heterocycles. The van der Waals surface area contributed by atoms with Gasteiger partial charge in [0.25, 0.3) is 0 Å². The minimum absolute atomic E-state index is 0.784. The van der Waals surface area contributed by atoms with E-state index in [-0.39, 0.29) is 0 Å². The van der Waals surface area contributed by atoms with Gasteiger partial charge in [-0.25, -0.2) is 0 Å². The van der Waals surface area contributed by atoms with Crippen molar-refractivity contribution in [1.82, 2.24) is 9.97 Å². The van der Waals surface area contributed by atoms with Crippen LogP contribution in [-0.4, -0.2) is 9.97 Å². The summed E-state index contributed by atoms with van der Waals surface area (Å²) in [4.78, 5) is 7.63. The molecule has 3 nitrogen and oxygen atoms in total. The first-order valence-electron chi connectivity index (χ1n) is 6.53. The lowest BCUT2D eigenvalue weighted by Crippen LogP contribution is -1.84. The first-order chi connectivity index (χ1) is 9.81. The van der Waals surface area contributed by atoms with Crippen LogP contribution in [0.25, 0.3) is 32.9 Å². The van der Waals surface area contributed by atoms with Crippen LogP contribution in [0.3, 0.4) is 0 Å². The van der Waals surface area contributed by atoms with Gasteiger partial charge in [0.2, 0.25) is 0 Å². The fourth-order valence-corrected chi connectivity index (χ4v) is 2.60. The number of fused-ring (bicyclic) bond motifs is 3. The van der Waals surface area contributed by atoms with Crippen molar-refractivity contribution in [1.29, 1.82) is 0 Å². The summed E-state index contributed by atoms with van der Waals surface area (Å²) >= 11 is 0. The zero-order chi connectivity index (χ0) is 13.5. The second kappa shape index (κ2) is 4.10. The van der Waals surface area contributed by atoms with Gasteiger partial charge in [-0.3, -0.25) is 4.98 Å². The predicted octanol–water partition coefficient (Wildman–Crippen LogP) is 3.97. The molecule has 0 aliphatic carbocycles. The first-order valence-corrected chi connectivity index (χ1v) is 6.53. The van der Waals surface area contributed by atoms with E-state index in [0.717, 1.165) is 27.7 Å². The van der Waals surface area contributed by atoms with E-state index in [0.29, 0.717) is 0 Å². The second-order valence-corrected chi connectivity index (χ2v) is 4.93. The monoisotopic (exact) mass is 259 g/mol. The molecule has 0 spiro atoms. The quantitative estimate of drug-likeness (QED) is 0.508. The smallest absolute Gasteiger partial charge is 0.0495 e. The largest absolute Gasteiger partial charge is 0.399 e. The van der Waals surface area contributed by atoms with Gasteiger partial charge in [-0.05, 0) is 35.4 Å². The van der Waals surface area contributed by atoms with Crippen LogP contribution >= 0.6 is 0 Å². The molecule has 4 rings (SSSR count). The molecule has 0 aliphatic heterocycles. The van der Waals surface area contributed by atoms with Crippen molar-refractivity contribution in [2.24, 2.45) is 0 Å². The third-order valence-electron chi connectivity index (χ3n) is 3.64. The highest BCUT2D eigenvalue weighted by Crippen LogP contribution is 2.29. The molecule has 2 aromatic heterocycles. The normalized spacial score (nSPS) is 11.2. The molecule has 0 saturated carbocycles. The Morgan fingerprint density at radius 3 is 2.45 bits per heavy atom. The summed E-state index contributed by atoms with van der Waals surface area (Å²) in [5.41, 5.74) is 11.1. The van der Waals surface area contributed by atoms with Gasteiger partial charge in [0.05, 0.1) is 0 Å². The SMILES string of the molecule is Nc1ccc(-c2ccc3c(c2)[nH]c2ccncc23)cc1. The Morgan fingerprint density at radius 2 is 1.60 bits per heavy atom. The number of aromatic nitrogens is 2. The van der Waals surface area contributed by atoms with Crippen LogP contribution < -0.4 is 5.73 Å². The number of H-pyrrole nitrogens is 1. The summed E-state index contributed by atoms with van der Waals surface area (Å²) in [6.45, 7) is 0. The lowest BCUT2D eigenvalue weighted by molar-refractivity contribution is 1.36. The number of anilines is 1. The molecule has 2 heterocycles. The van der Waals surface area contributed by atoms with Gasteiger partial charge >= 0.3 is 0 Å². The van der Waals surface area contributed by atoms with Crippen LogP contribution in [0.2, 0.25) is 0 Å². The van der Waals surface area contributed by atoms with Gasteiger partial charge in [-0.2, -0.15) is 0 Å². The summed E-state index contributed by atoms with van der Waals surface area (Å²) in [7, 11) is 0. The molecule has 96 valence electrons. The van der Waals surface area contributed by atoms with Crippen molar-refractivity contribution in [2.45, 2.75) is 0 Å². The van der Waals surface area contributed by atoms with E-state index < -0.39 is 0 Å². The van der Waals surface area contributed by atoms with Crippen LogP contribution in [0.1, 0.15) is 0 Å². The third kappa shape index (κ3) is 1.64. The van der Waals surface area contributed by atoms with E-state index in [1.807, 2.05) is 36.5 Å². The zero-order valence-electron chi connectivity index (χ0n) is 10.8.